The summed E-state index contributed by atoms with van der Waals surface area (Å²) in [6.07, 6.45) is 3.47. The molecule has 0 unspecified atom stereocenters. The molecule has 0 atom stereocenters. The predicted molar refractivity (Wildman–Crippen MR) is 146 cm³/mol. The third kappa shape index (κ3) is 6.13. The fraction of sp³-hybridized carbons (Fsp3) is 0.433. The molecule has 0 aliphatic rings. The molecule has 2 aromatic carbocycles. The molecule has 3 rings (SSSR count). The first-order valence-corrected chi connectivity index (χ1v) is 13.4. The molecule has 3 aromatic rings. The minimum absolute atomic E-state index is 0.235. The van der Waals surface area contributed by atoms with Gasteiger partial charge in [0.25, 0.3) is 0 Å². The Balaban J connectivity index is 2.27. The van der Waals surface area contributed by atoms with E-state index in [9.17, 15) is 4.79 Å². The fourth-order valence-electron chi connectivity index (χ4n) is 4.09. The van der Waals surface area contributed by atoms with Crippen molar-refractivity contribution in [2.45, 2.75) is 73.1 Å². The van der Waals surface area contributed by atoms with Crippen LogP contribution in [0.3, 0.4) is 0 Å². The van der Waals surface area contributed by atoms with Gasteiger partial charge >= 0.3 is 5.97 Å². The van der Waals surface area contributed by atoms with Crippen molar-refractivity contribution in [2.75, 3.05) is 13.2 Å². The Morgan fingerprint density at radius 2 is 1.83 bits per heavy atom. The van der Waals surface area contributed by atoms with E-state index < -0.39 is 0 Å². The molecule has 0 spiro atoms. The van der Waals surface area contributed by atoms with Gasteiger partial charge in [-0.25, -0.2) is 9.18 Å². The number of fused-ring (bicyclic) bond motifs is 1. The average molecular weight is 497 g/mol. The normalized spacial score (nSPS) is 12.1. The summed E-state index contributed by atoms with van der Waals surface area (Å²) in [6.45, 7) is 15.3. The lowest BCUT2D eigenvalue weighted by molar-refractivity contribution is -0.137. The van der Waals surface area contributed by atoms with Gasteiger partial charge in [0.15, 0.2) is 0 Å². The van der Waals surface area contributed by atoms with Crippen LogP contribution in [0.5, 0.6) is 5.75 Å². The lowest BCUT2D eigenvalue weighted by Crippen LogP contribution is -2.05. The summed E-state index contributed by atoms with van der Waals surface area (Å²) in [4.78, 5) is 12.9. The van der Waals surface area contributed by atoms with Crippen LogP contribution in [0, 0.1) is 5.82 Å². The van der Waals surface area contributed by atoms with Crippen molar-refractivity contribution in [1.29, 1.82) is 0 Å². The highest BCUT2D eigenvalue weighted by Gasteiger charge is 2.22. The molecule has 0 bridgehead atoms. The van der Waals surface area contributed by atoms with E-state index in [1.54, 1.807) is 18.3 Å². The molecule has 0 amide bonds. The van der Waals surface area contributed by atoms with Gasteiger partial charge in [-0.15, -0.1) is 11.3 Å². The highest BCUT2D eigenvalue weighted by molar-refractivity contribution is 7.20. The van der Waals surface area contributed by atoms with E-state index in [0.29, 0.717) is 24.7 Å². The quantitative estimate of drug-likeness (QED) is 0.159. The highest BCUT2D eigenvalue weighted by Crippen LogP contribution is 2.45. The van der Waals surface area contributed by atoms with E-state index in [1.807, 2.05) is 19.1 Å². The zero-order valence-electron chi connectivity index (χ0n) is 22.0. The van der Waals surface area contributed by atoms with Gasteiger partial charge in [0.2, 0.25) is 0 Å². The van der Waals surface area contributed by atoms with Gasteiger partial charge in [-0.05, 0) is 73.1 Å². The van der Waals surface area contributed by atoms with Gasteiger partial charge in [0.1, 0.15) is 11.6 Å². The molecule has 188 valence electrons. The van der Waals surface area contributed by atoms with Gasteiger partial charge in [-0.1, -0.05) is 47.1 Å². The molecule has 0 aliphatic carbocycles. The smallest absolute Gasteiger partial charge is 0.331 e. The van der Waals surface area contributed by atoms with Crippen LogP contribution in [-0.2, 0) is 9.53 Å². The second kappa shape index (κ2) is 11.9. The summed E-state index contributed by atoms with van der Waals surface area (Å²) in [5, 5.41) is 0.831. The predicted octanol–water partition coefficient (Wildman–Crippen LogP) is 9.10. The van der Waals surface area contributed by atoms with E-state index >= 15 is 4.39 Å². The lowest BCUT2D eigenvalue weighted by atomic mass is 9.88. The summed E-state index contributed by atoms with van der Waals surface area (Å²) in [7, 11) is 0. The number of carbonyl (C=O) groups excluding carboxylic acids is 1. The molecule has 0 saturated carbocycles. The molecule has 1 heterocycles. The van der Waals surface area contributed by atoms with Crippen LogP contribution >= 0.6 is 11.3 Å². The van der Waals surface area contributed by atoms with Crippen molar-refractivity contribution in [3.63, 3.8) is 0 Å². The molecular weight excluding hydrogens is 459 g/mol. The summed E-state index contributed by atoms with van der Waals surface area (Å²) in [5.41, 5.74) is 4.43. The number of halogens is 1. The summed E-state index contributed by atoms with van der Waals surface area (Å²) in [6, 6.07) is 9.64. The maximum absolute atomic E-state index is 15.6. The molecule has 0 aliphatic heterocycles. The standard InChI is InChI=1S/C30H37FO3S/c1-8-10-13-34-30-22(19(5)6)15-21(18(3)4)16-24(30)29-23-17-27(20(7)14-28(32)33-9-2)35-26(23)12-11-25(29)31/h11-12,14-19H,8-10,13H2,1-7H3/b20-14+. The second-order valence-electron chi connectivity index (χ2n) is 9.52. The maximum Gasteiger partial charge on any atom is 0.331 e. The number of thiophene rings is 1. The number of benzene rings is 2. The topological polar surface area (TPSA) is 35.5 Å². The first-order chi connectivity index (χ1) is 16.7. The minimum atomic E-state index is -0.369. The fourth-order valence-corrected chi connectivity index (χ4v) is 5.13. The van der Waals surface area contributed by atoms with Crippen molar-refractivity contribution in [3.05, 3.63) is 58.2 Å². The van der Waals surface area contributed by atoms with Crippen LogP contribution in [0.15, 0.2) is 36.4 Å². The Bertz CT molecular complexity index is 1220. The molecule has 0 N–H and O–H groups in total. The van der Waals surface area contributed by atoms with Gasteiger partial charge in [-0.3, -0.25) is 0 Å². The van der Waals surface area contributed by atoms with Gasteiger partial charge in [-0.2, -0.15) is 0 Å². The monoisotopic (exact) mass is 496 g/mol. The molecule has 0 radical (unpaired) electrons. The van der Waals surface area contributed by atoms with Crippen molar-refractivity contribution in [2.24, 2.45) is 0 Å². The summed E-state index contributed by atoms with van der Waals surface area (Å²) in [5.74, 6) is 0.664. The molecule has 5 heteroatoms. The van der Waals surface area contributed by atoms with E-state index in [4.69, 9.17) is 9.47 Å². The van der Waals surface area contributed by atoms with Crippen LogP contribution < -0.4 is 4.74 Å². The van der Waals surface area contributed by atoms with Crippen LogP contribution in [-0.4, -0.2) is 19.2 Å². The van der Waals surface area contributed by atoms with Crippen LogP contribution in [0.1, 0.15) is 89.1 Å². The van der Waals surface area contributed by atoms with E-state index in [2.05, 4.69) is 46.8 Å². The number of rotatable bonds is 10. The third-order valence-corrected chi connectivity index (χ3v) is 7.34. The minimum Gasteiger partial charge on any atom is -0.493 e. The van der Waals surface area contributed by atoms with Gasteiger partial charge < -0.3 is 9.47 Å². The van der Waals surface area contributed by atoms with Crippen LogP contribution in [0.4, 0.5) is 4.39 Å². The van der Waals surface area contributed by atoms with Gasteiger partial charge in [0.05, 0.1) is 13.2 Å². The zero-order chi connectivity index (χ0) is 25.7. The number of unbranched alkanes of at least 4 members (excludes halogenated alkanes) is 1. The number of allylic oxidation sites excluding steroid dienone is 1. The van der Waals surface area contributed by atoms with E-state index in [0.717, 1.165) is 55.8 Å². The lowest BCUT2D eigenvalue weighted by Gasteiger charge is -2.22. The van der Waals surface area contributed by atoms with Crippen molar-refractivity contribution in [3.8, 4) is 16.9 Å². The number of hydrogen-bond donors (Lipinski definition) is 0. The summed E-state index contributed by atoms with van der Waals surface area (Å²) >= 11 is 1.55. The Kier molecular flexibility index (Phi) is 9.12. The van der Waals surface area contributed by atoms with Crippen molar-refractivity contribution in [1.82, 2.24) is 0 Å². The number of hydrogen-bond acceptors (Lipinski definition) is 4. The number of esters is 1. The first kappa shape index (κ1) is 26.9. The largest absolute Gasteiger partial charge is 0.493 e. The Morgan fingerprint density at radius 1 is 1.09 bits per heavy atom. The molecule has 0 fully saturated rings. The van der Waals surface area contributed by atoms with Crippen molar-refractivity contribution >= 4 is 33.0 Å². The second-order valence-corrected chi connectivity index (χ2v) is 10.6. The number of carbonyl (C=O) groups is 1. The van der Waals surface area contributed by atoms with Crippen LogP contribution in [0.25, 0.3) is 26.8 Å². The Labute approximate surface area is 213 Å². The molecule has 3 nitrogen and oxygen atoms in total. The Hall–Kier alpha value is -2.66. The summed E-state index contributed by atoms with van der Waals surface area (Å²) < 4.78 is 28.0. The van der Waals surface area contributed by atoms with Gasteiger partial charge in [0, 0.05) is 32.2 Å². The van der Waals surface area contributed by atoms with Crippen molar-refractivity contribution < 1.29 is 18.7 Å². The average Bonchev–Trinajstić information content (AvgIpc) is 3.23. The molecule has 35 heavy (non-hydrogen) atoms. The van der Waals surface area contributed by atoms with Crippen LogP contribution in [0.2, 0.25) is 0 Å². The zero-order valence-corrected chi connectivity index (χ0v) is 22.8. The SMILES string of the molecule is CCCCOc1c(-c2c(F)ccc3sc(/C(C)=C/C(=O)OCC)cc23)cc(C(C)C)cc1C(C)C. The molecule has 0 saturated heterocycles. The Morgan fingerprint density at radius 3 is 2.46 bits per heavy atom. The molecule has 1 aromatic heterocycles. The highest BCUT2D eigenvalue weighted by atomic mass is 32.1. The molecular formula is C30H37FO3S. The number of ether oxygens (including phenoxy) is 2. The third-order valence-electron chi connectivity index (χ3n) is 6.10. The van der Waals surface area contributed by atoms with E-state index in [-0.39, 0.29) is 17.7 Å². The maximum atomic E-state index is 15.6. The first-order valence-electron chi connectivity index (χ1n) is 12.6. The van der Waals surface area contributed by atoms with E-state index in [1.165, 1.54) is 12.1 Å².